The van der Waals surface area contributed by atoms with Crippen molar-refractivity contribution in [3.63, 3.8) is 0 Å². The number of carboxylic acid groups (broad SMARTS) is 1. The fourth-order valence-electron chi connectivity index (χ4n) is 1.66. The first-order valence-corrected chi connectivity index (χ1v) is 7.46. The number of carboxylic acids is 1. The molecule has 1 aromatic carbocycles. The van der Waals surface area contributed by atoms with E-state index >= 15 is 0 Å². The van der Waals surface area contributed by atoms with E-state index in [1.807, 2.05) is 0 Å². The molecule has 0 spiro atoms. The van der Waals surface area contributed by atoms with Crippen LogP contribution in [0.2, 0.25) is 0 Å². The van der Waals surface area contributed by atoms with Crippen LogP contribution in [-0.2, 0) is 17.0 Å². The molecular weight excluding hydrogens is 324 g/mol. The van der Waals surface area contributed by atoms with Gasteiger partial charge in [-0.3, -0.25) is 19.9 Å². The number of rotatable bonds is 7. The molecular formula is C13H11N4O5S-. The summed E-state index contributed by atoms with van der Waals surface area (Å²) in [5.41, 5.74) is 0.370. The molecule has 0 aliphatic rings. The third-order valence-electron chi connectivity index (χ3n) is 2.83. The molecule has 0 amide bonds. The zero-order chi connectivity index (χ0) is 16.8. The van der Waals surface area contributed by atoms with E-state index < -0.39 is 16.5 Å². The lowest BCUT2D eigenvalue weighted by Crippen LogP contribution is -2.25. The number of thioether (sulfide) groups is 1. The number of nitrogens with zero attached hydrogens (tertiary/aromatic N) is 3. The quantitative estimate of drug-likeness (QED) is 0.425. The van der Waals surface area contributed by atoms with Gasteiger partial charge in [-0.15, -0.1) is 10.2 Å². The first-order chi connectivity index (χ1) is 11.0. The summed E-state index contributed by atoms with van der Waals surface area (Å²) in [6.07, 6.45) is -0.342. The number of non-ortho nitro benzene ring substituents is 1. The smallest absolute Gasteiger partial charge is 0.273 e. The van der Waals surface area contributed by atoms with Gasteiger partial charge in [0.1, 0.15) is 5.69 Å². The largest absolute Gasteiger partial charge is 0.550 e. The topological polar surface area (TPSA) is 142 Å². The lowest BCUT2D eigenvalue weighted by Gasteiger charge is -2.03. The number of nitro benzene ring substituents is 1. The van der Waals surface area contributed by atoms with Crippen LogP contribution in [-0.4, -0.2) is 26.1 Å². The van der Waals surface area contributed by atoms with Gasteiger partial charge >= 0.3 is 0 Å². The van der Waals surface area contributed by atoms with Gasteiger partial charge in [0, 0.05) is 30.3 Å². The summed E-state index contributed by atoms with van der Waals surface area (Å²) >= 11 is 1.21. The number of benzene rings is 1. The molecule has 23 heavy (non-hydrogen) atoms. The van der Waals surface area contributed by atoms with E-state index in [-0.39, 0.29) is 29.4 Å². The number of nitrogens with one attached hydrogen (secondary N) is 1. The molecule has 0 bridgehead atoms. The zero-order valence-electron chi connectivity index (χ0n) is 11.7. The van der Waals surface area contributed by atoms with Crippen LogP contribution in [0.25, 0.3) is 0 Å². The Kier molecular flexibility index (Phi) is 5.41. The first kappa shape index (κ1) is 16.6. The van der Waals surface area contributed by atoms with E-state index in [1.54, 1.807) is 12.1 Å². The lowest BCUT2D eigenvalue weighted by atomic mass is 10.2. The summed E-state index contributed by atoms with van der Waals surface area (Å²) in [6, 6.07) is 6.02. The van der Waals surface area contributed by atoms with Gasteiger partial charge in [-0.2, -0.15) is 0 Å². The predicted octanol–water partition coefficient (Wildman–Crippen LogP) is 0.0479. The van der Waals surface area contributed by atoms with E-state index in [1.165, 1.54) is 23.9 Å². The summed E-state index contributed by atoms with van der Waals surface area (Å²) in [6.45, 7) is 0. The molecule has 2 rings (SSSR count). The van der Waals surface area contributed by atoms with Crippen molar-refractivity contribution in [2.45, 2.75) is 23.8 Å². The van der Waals surface area contributed by atoms with Crippen molar-refractivity contribution in [3.8, 4) is 0 Å². The Labute approximate surface area is 133 Å². The van der Waals surface area contributed by atoms with Crippen molar-refractivity contribution in [2.24, 2.45) is 0 Å². The molecule has 0 atom stereocenters. The number of hydrogen-bond acceptors (Lipinski definition) is 8. The second kappa shape index (κ2) is 7.49. The molecule has 120 valence electrons. The van der Waals surface area contributed by atoms with Crippen molar-refractivity contribution >= 4 is 23.4 Å². The standard InChI is InChI=1S/C13H12N4O5S/c18-11(19)6-5-10-12(20)14-13(16-15-10)23-7-8-1-3-9(4-2-8)17(21)22/h1-4H,5-7H2,(H,18,19)(H,14,16,20)/p-1. The minimum atomic E-state index is -1.26. The van der Waals surface area contributed by atoms with E-state index in [9.17, 15) is 24.8 Å². The number of hydrogen-bond donors (Lipinski definition) is 1. The van der Waals surface area contributed by atoms with Crippen LogP contribution >= 0.6 is 11.8 Å². The van der Waals surface area contributed by atoms with Crippen LogP contribution in [0.1, 0.15) is 17.7 Å². The molecule has 0 unspecified atom stereocenters. The third-order valence-corrected chi connectivity index (χ3v) is 3.77. The van der Waals surface area contributed by atoms with Gasteiger partial charge in [-0.25, -0.2) is 0 Å². The minimum absolute atomic E-state index is 0.00391. The molecule has 0 fully saturated rings. The highest BCUT2D eigenvalue weighted by Crippen LogP contribution is 2.20. The number of aromatic amines is 1. The number of aromatic nitrogens is 3. The maximum atomic E-state index is 11.7. The number of nitro groups is 1. The normalized spacial score (nSPS) is 10.4. The molecule has 10 heteroatoms. The van der Waals surface area contributed by atoms with Crippen LogP contribution in [0, 0.1) is 10.1 Å². The Morgan fingerprint density at radius 3 is 2.52 bits per heavy atom. The highest BCUT2D eigenvalue weighted by molar-refractivity contribution is 7.98. The highest BCUT2D eigenvalue weighted by atomic mass is 32.2. The average Bonchev–Trinajstić information content (AvgIpc) is 2.52. The van der Waals surface area contributed by atoms with Crippen molar-refractivity contribution in [1.82, 2.24) is 15.2 Å². The first-order valence-electron chi connectivity index (χ1n) is 6.47. The third kappa shape index (κ3) is 4.88. The predicted molar refractivity (Wildman–Crippen MR) is 78.6 cm³/mol. The Morgan fingerprint density at radius 1 is 1.26 bits per heavy atom. The minimum Gasteiger partial charge on any atom is -0.550 e. The highest BCUT2D eigenvalue weighted by Gasteiger charge is 2.07. The fourth-order valence-corrected chi connectivity index (χ4v) is 2.42. The van der Waals surface area contributed by atoms with Gasteiger partial charge in [-0.05, 0) is 12.0 Å². The number of carbonyl (C=O) groups excluding carboxylic acids is 1. The Balaban J connectivity index is 1.98. The van der Waals surface area contributed by atoms with Crippen LogP contribution < -0.4 is 10.7 Å². The van der Waals surface area contributed by atoms with Crippen LogP contribution in [0.4, 0.5) is 5.69 Å². The second-order valence-electron chi connectivity index (χ2n) is 4.49. The molecule has 1 N–H and O–H groups in total. The van der Waals surface area contributed by atoms with Gasteiger partial charge in [0.25, 0.3) is 11.2 Å². The van der Waals surface area contributed by atoms with Gasteiger partial charge in [0.05, 0.1) is 4.92 Å². The van der Waals surface area contributed by atoms with E-state index in [2.05, 4.69) is 15.2 Å². The number of H-pyrrole nitrogens is 1. The number of aliphatic carboxylic acids is 1. The van der Waals surface area contributed by atoms with Crippen molar-refractivity contribution in [2.75, 3.05) is 0 Å². The van der Waals surface area contributed by atoms with Gasteiger partial charge in [0.15, 0.2) is 5.16 Å². The second-order valence-corrected chi connectivity index (χ2v) is 5.45. The zero-order valence-corrected chi connectivity index (χ0v) is 12.5. The molecule has 2 aromatic rings. The molecule has 9 nitrogen and oxygen atoms in total. The van der Waals surface area contributed by atoms with E-state index in [4.69, 9.17) is 0 Å². The molecule has 0 aliphatic heterocycles. The number of aryl methyl sites for hydroxylation is 1. The Morgan fingerprint density at radius 2 is 1.96 bits per heavy atom. The summed E-state index contributed by atoms with van der Waals surface area (Å²) in [7, 11) is 0. The molecule has 0 aliphatic carbocycles. The maximum absolute atomic E-state index is 11.7. The Hall–Kier alpha value is -2.75. The van der Waals surface area contributed by atoms with Crippen LogP contribution in [0.5, 0.6) is 0 Å². The summed E-state index contributed by atoms with van der Waals surface area (Å²) < 4.78 is 0. The molecule has 1 heterocycles. The summed E-state index contributed by atoms with van der Waals surface area (Å²) in [5, 5.41) is 28.7. The van der Waals surface area contributed by atoms with Gasteiger partial charge < -0.3 is 9.90 Å². The summed E-state index contributed by atoms with van der Waals surface area (Å²) in [5.74, 6) is -0.816. The van der Waals surface area contributed by atoms with Crippen LogP contribution in [0.3, 0.4) is 0 Å². The van der Waals surface area contributed by atoms with Gasteiger partial charge in [0.2, 0.25) is 0 Å². The maximum Gasteiger partial charge on any atom is 0.273 e. The number of carbonyl (C=O) groups is 1. The average molecular weight is 335 g/mol. The molecule has 0 radical (unpaired) electrons. The van der Waals surface area contributed by atoms with E-state index in [0.717, 1.165) is 5.56 Å². The molecule has 0 saturated carbocycles. The van der Waals surface area contributed by atoms with Gasteiger partial charge in [-0.1, -0.05) is 23.9 Å². The van der Waals surface area contributed by atoms with Crippen LogP contribution in [0.15, 0.2) is 34.2 Å². The van der Waals surface area contributed by atoms with Crippen molar-refractivity contribution in [3.05, 3.63) is 56.0 Å². The SMILES string of the molecule is O=C([O-])CCc1nnc(SCc2ccc([N+](=O)[O-])cc2)[nH]c1=O. The lowest BCUT2D eigenvalue weighted by molar-refractivity contribution is -0.384. The van der Waals surface area contributed by atoms with Crippen molar-refractivity contribution < 1.29 is 14.8 Å². The monoisotopic (exact) mass is 335 g/mol. The molecule has 1 aromatic heterocycles. The fraction of sp³-hybridized carbons (Fsp3) is 0.231. The van der Waals surface area contributed by atoms with Crippen molar-refractivity contribution in [1.29, 1.82) is 0 Å². The van der Waals surface area contributed by atoms with E-state index in [0.29, 0.717) is 5.75 Å². The summed E-state index contributed by atoms with van der Waals surface area (Å²) in [4.78, 5) is 34.7. The Bertz CT molecular complexity index is 775. The molecule has 0 saturated heterocycles.